The maximum Gasteiger partial charge on any atom is 0.413 e. The SMILES string of the molecule is CCC(C)N1CCN(CCCOc2ccc(Nc3nccc(N(Cc4cc(Cl)ccc4F)C(=O)O)n3)cc2OC)CC1. The maximum atomic E-state index is 14.3. The average molecular weight is 601 g/mol. The van der Waals surface area contributed by atoms with Crippen LogP contribution in [0.4, 0.5) is 26.6 Å². The predicted molar refractivity (Wildman–Crippen MR) is 162 cm³/mol. The first-order valence-corrected chi connectivity index (χ1v) is 14.5. The highest BCUT2D eigenvalue weighted by atomic mass is 35.5. The largest absolute Gasteiger partial charge is 0.493 e. The van der Waals surface area contributed by atoms with Crippen molar-refractivity contribution in [3.05, 3.63) is 65.1 Å². The van der Waals surface area contributed by atoms with Crippen molar-refractivity contribution in [1.82, 2.24) is 19.8 Å². The van der Waals surface area contributed by atoms with Crippen molar-refractivity contribution >= 4 is 35.1 Å². The van der Waals surface area contributed by atoms with Gasteiger partial charge in [-0.15, -0.1) is 0 Å². The number of aromatic nitrogens is 2. The van der Waals surface area contributed by atoms with Crippen molar-refractivity contribution in [2.24, 2.45) is 0 Å². The van der Waals surface area contributed by atoms with E-state index in [0.717, 1.165) is 44.0 Å². The fourth-order valence-electron chi connectivity index (χ4n) is 4.79. The molecule has 226 valence electrons. The highest BCUT2D eigenvalue weighted by molar-refractivity contribution is 6.30. The third-order valence-corrected chi connectivity index (χ3v) is 7.64. The summed E-state index contributed by atoms with van der Waals surface area (Å²) in [6.07, 6.45) is 2.22. The summed E-state index contributed by atoms with van der Waals surface area (Å²) in [4.78, 5) is 26.5. The van der Waals surface area contributed by atoms with Crippen LogP contribution in [0.5, 0.6) is 11.5 Å². The van der Waals surface area contributed by atoms with Gasteiger partial charge in [0.25, 0.3) is 0 Å². The molecule has 1 saturated heterocycles. The molecular formula is C30H38ClFN6O4. The number of hydrogen-bond acceptors (Lipinski definition) is 8. The average Bonchev–Trinajstić information content (AvgIpc) is 3.00. The highest BCUT2D eigenvalue weighted by Crippen LogP contribution is 2.31. The summed E-state index contributed by atoms with van der Waals surface area (Å²) in [5.74, 6) is 0.844. The molecule has 1 fully saturated rings. The zero-order valence-electron chi connectivity index (χ0n) is 24.2. The van der Waals surface area contributed by atoms with E-state index < -0.39 is 11.9 Å². The fourth-order valence-corrected chi connectivity index (χ4v) is 4.99. The van der Waals surface area contributed by atoms with Crippen molar-refractivity contribution in [2.45, 2.75) is 39.3 Å². The number of nitrogens with zero attached hydrogens (tertiary/aromatic N) is 5. The molecule has 1 atom stereocenters. The molecule has 0 bridgehead atoms. The summed E-state index contributed by atoms with van der Waals surface area (Å²) in [7, 11) is 1.57. The van der Waals surface area contributed by atoms with Gasteiger partial charge in [-0.05, 0) is 56.2 Å². The van der Waals surface area contributed by atoms with E-state index in [4.69, 9.17) is 21.1 Å². The number of anilines is 3. The molecule has 42 heavy (non-hydrogen) atoms. The minimum absolute atomic E-state index is 0.0765. The van der Waals surface area contributed by atoms with Crippen LogP contribution in [-0.4, -0.2) is 83.4 Å². The molecule has 2 aromatic carbocycles. The van der Waals surface area contributed by atoms with Gasteiger partial charge >= 0.3 is 6.09 Å². The molecule has 1 unspecified atom stereocenters. The molecule has 1 aliphatic heterocycles. The normalized spacial score (nSPS) is 14.8. The minimum atomic E-state index is -1.30. The lowest BCUT2D eigenvalue weighted by Gasteiger charge is -2.37. The molecule has 3 aromatic rings. The van der Waals surface area contributed by atoms with Crippen LogP contribution in [0.15, 0.2) is 48.7 Å². The third-order valence-electron chi connectivity index (χ3n) is 7.40. The van der Waals surface area contributed by atoms with Crippen molar-refractivity contribution in [3.63, 3.8) is 0 Å². The van der Waals surface area contributed by atoms with Gasteiger partial charge in [-0.2, -0.15) is 4.98 Å². The molecule has 10 nitrogen and oxygen atoms in total. The number of rotatable bonds is 13. The lowest BCUT2D eigenvalue weighted by molar-refractivity contribution is 0.0966. The van der Waals surface area contributed by atoms with Crippen LogP contribution in [0.1, 0.15) is 32.3 Å². The second-order valence-electron chi connectivity index (χ2n) is 10.2. The van der Waals surface area contributed by atoms with E-state index in [1.807, 2.05) is 0 Å². The summed E-state index contributed by atoms with van der Waals surface area (Å²) >= 11 is 5.97. The lowest BCUT2D eigenvalue weighted by atomic mass is 10.2. The fraction of sp³-hybridized carbons (Fsp3) is 0.433. The van der Waals surface area contributed by atoms with E-state index in [-0.39, 0.29) is 23.9 Å². The van der Waals surface area contributed by atoms with Gasteiger partial charge in [0, 0.05) is 67.3 Å². The Morgan fingerprint density at radius 1 is 1.17 bits per heavy atom. The number of amides is 1. The molecule has 4 rings (SSSR count). The zero-order valence-corrected chi connectivity index (χ0v) is 25.0. The standard InChI is InChI=1S/C30H38ClFN6O4/c1-4-21(2)37-15-13-36(14-16-37)12-5-17-42-26-9-7-24(19-27(26)41-3)34-29-33-11-10-28(35-29)38(30(39)40)20-22-18-23(31)6-8-25(22)32/h6-11,18-19,21H,4-5,12-17,20H2,1-3H3,(H,39,40)(H,33,34,35). The summed E-state index contributed by atoms with van der Waals surface area (Å²) in [5, 5.41) is 13.2. The molecule has 1 aliphatic rings. The highest BCUT2D eigenvalue weighted by Gasteiger charge is 2.21. The number of benzene rings is 2. The molecule has 1 aromatic heterocycles. The van der Waals surface area contributed by atoms with Crippen LogP contribution in [0, 0.1) is 5.82 Å². The predicted octanol–water partition coefficient (Wildman–Crippen LogP) is 5.89. The molecule has 1 amide bonds. The van der Waals surface area contributed by atoms with Gasteiger partial charge in [0.2, 0.25) is 5.95 Å². The minimum Gasteiger partial charge on any atom is -0.493 e. The van der Waals surface area contributed by atoms with Crippen LogP contribution in [-0.2, 0) is 6.54 Å². The number of carboxylic acid groups (broad SMARTS) is 1. The van der Waals surface area contributed by atoms with Gasteiger partial charge in [-0.1, -0.05) is 18.5 Å². The molecule has 0 radical (unpaired) electrons. The van der Waals surface area contributed by atoms with E-state index >= 15 is 0 Å². The number of methoxy groups -OCH3 is 1. The summed E-state index contributed by atoms with van der Waals surface area (Å²) in [5.41, 5.74) is 0.751. The van der Waals surface area contributed by atoms with Gasteiger partial charge in [0.05, 0.1) is 20.3 Å². The zero-order chi connectivity index (χ0) is 30.1. The maximum absolute atomic E-state index is 14.3. The summed E-state index contributed by atoms with van der Waals surface area (Å²) in [6.45, 7) is 10.2. The van der Waals surface area contributed by atoms with E-state index in [9.17, 15) is 14.3 Å². The number of nitrogens with one attached hydrogen (secondary N) is 1. The summed E-state index contributed by atoms with van der Waals surface area (Å²) in [6, 6.07) is 11.4. The van der Waals surface area contributed by atoms with Gasteiger partial charge in [-0.25, -0.2) is 14.2 Å². The van der Waals surface area contributed by atoms with E-state index in [2.05, 4.69) is 38.9 Å². The number of ether oxygens (including phenoxy) is 2. The van der Waals surface area contributed by atoms with Crippen molar-refractivity contribution in [1.29, 1.82) is 0 Å². The number of carbonyl (C=O) groups is 1. The number of halogens is 2. The van der Waals surface area contributed by atoms with Crippen molar-refractivity contribution in [2.75, 3.05) is 56.7 Å². The van der Waals surface area contributed by atoms with E-state index in [0.29, 0.717) is 34.9 Å². The quantitative estimate of drug-likeness (QED) is 0.232. The van der Waals surface area contributed by atoms with Gasteiger partial charge in [0.15, 0.2) is 11.5 Å². The topological polar surface area (TPSA) is 103 Å². The van der Waals surface area contributed by atoms with Gasteiger partial charge in [-0.3, -0.25) is 9.80 Å². The Morgan fingerprint density at radius 2 is 1.95 bits per heavy atom. The monoisotopic (exact) mass is 600 g/mol. The van der Waals surface area contributed by atoms with Crippen LogP contribution in [0.2, 0.25) is 5.02 Å². The first-order chi connectivity index (χ1) is 20.3. The molecule has 0 spiro atoms. The number of piperazine rings is 1. The van der Waals surface area contributed by atoms with Gasteiger partial charge in [0.1, 0.15) is 11.6 Å². The molecule has 0 saturated carbocycles. The summed E-state index contributed by atoms with van der Waals surface area (Å²) < 4.78 is 25.8. The van der Waals surface area contributed by atoms with E-state index in [1.165, 1.54) is 36.9 Å². The molecular weight excluding hydrogens is 563 g/mol. The Labute approximate surface area is 251 Å². The second-order valence-corrected chi connectivity index (χ2v) is 10.6. The smallest absolute Gasteiger partial charge is 0.413 e. The molecule has 0 aliphatic carbocycles. The molecule has 2 heterocycles. The molecule has 2 N–H and O–H groups in total. The molecule has 12 heteroatoms. The van der Waals surface area contributed by atoms with E-state index in [1.54, 1.807) is 25.3 Å². The van der Waals surface area contributed by atoms with Crippen LogP contribution in [0.25, 0.3) is 0 Å². The van der Waals surface area contributed by atoms with Gasteiger partial charge < -0.3 is 24.8 Å². The lowest BCUT2D eigenvalue weighted by Crippen LogP contribution is -2.49. The Balaban J connectivity index is 1.33. The Kier molecular flexibility index (Phi) is 11.2. The Hall–Kier alpha value is -3.67. The van der Waals surface area contributed by atoms with Crippen LogP contribution >= 0.6 is 11.6 Å². The second kappa shape index (κ2) is 15.0. The first kappa shape index (κ1) is 31.3. The van der Waals surface area contributed by atoms with Crippen molar-refractivity contribution < 1.29 is 23.8 Å². The van der Waals surface area contributed by atoms with Crippen LogP contribution < -0.4 is 19.7 Å². The first-order valence-electron chi connectivity index (χ1n) is 14.1. The van der Waals surface area contributed by atoms with Crippen molar-refractivity contribution in [3.8, 4) is 11.5 Å². The number of hydrogen-bond donors (Lipinski definition) is 2. The van der Waals surface area contributed by atoms with Crippen LogP contribution in [0.3, 0.4) is 0 Å². The third kappa shape index (κ3) is 8.43. The Bertz CT molecular complexity index is 1340. The Morgan fingerprint density at radius 3 is 2.67 bits per heavy atom.